The lowest BCUT2D eigenvalue weighted by molar-refractivity contribution is 0.548. The number of halogens is 1. The molecule has 0 bridgehead atoms. The molecule has 0 atom stereocenters. The molecule has 3 aromatic rings. The summed E-state index contributed by atoms with van der Waals surface area (Å²) in [5.41, 5.74) is 0.945. The molecule has 0 saturated heterocycles. The molecule has 0 fully saturated rings. The van der Waals surface area contributed by atoms with Crippen LogP contribution in [0.15, 0.2) is 61.5 Å². The highest BCUT2D eigenvalue weighted by Crippen LogP contribution is 2.30. The van der Waals surface area contributed by atoms with Crippen LogP contribution < -0.4 is 10.5 Å². The van der Waals surface area contributed by atoms with Crippen molar-refractivity contribution in [2.24, 2.45) is 0 Å². The molecule has 0 spiro atoms. The summed E-state index contributed by atoms with van der Waals surface area (Å²) < 4.78 is 7.85. The van der Waals surface area contributed by atoms with E-state index in [2.05, 4.69) is 25.8 Å². The van der Waals surface area contributed by atoms with E-state index >= 15 is 0 Å². The lowest BCUT2D eigenvalue weighted by atomic mass is 10.2. The second-order valence-corrected chi connectivity index (χ2v) is 7.20. The number of rotatable bonds is 2. The van der Waals surface area contributed by atoms with Gasteiger partial charge in [-0.3, -0.25) is 9.36 Å². The van der Waals surface area contributed by atoms with Crippen molar-refractivity contribution >= 4 is 33.4 Å². The van der Waals surface area contributed by atoms with Gasteiger partial charge >= 0.3 is 0 Å². The Hall–Kier alpha value is -2.50. The minimum Gasteiger partial charge on any atom is -0.463 e. The Morgan fingerprint density at radius 2 is 2.08 bits per heavy atom. The summed E-state index contributed by atoms with van der Waals surface area (Å²) in [6, 6.07) is 13.3. The van der Waals surface area contributed by atoms with E-state index in [1.54, 1.807) is 12.1 Å². The van der Waals surface area contributed by atoms with Crippen molar-refractivity contribution in [3.63, 3.8) is 0 Å². The Balaban J connectivity index is 1.77. The van der Waals surface area contributed by atoms with Gasteiger partial charge in [0.15, 0.2) is 10.9 Å². The van der Waals surface area contributed by atoms with Gasteiger partial charge in [-0.25, -0.2) is 4.98 Å². The van der Waals surface area contributed by atoms with Gasteiger partial charge in [0.25, 0.3) is 5.56 Å². The number of hydrogen-bond donors (Lipinski definition) is 0. The molecule has 0 saturated carbocycles. The van der Waals surface area contributed by atoms with Crippen molar-refractivity contribution < 1.29 is 4.42 Å². The summed E-state index contributed by atoms with van der Waals surface area (Å²) in [5.74, 6) is 1.09. The third-order valence-corrected chi connectivity index (χ3v) is 5.39. The molecule has 1 aromatic carbocycles. The van der Waals surface area contributed by atoms with Crippen LogP contribution in [-0.4, -0.2) is 15.4 Å². The largest absolute Gasteiger partial charge is 0.463 e. The third-order valence-electron chi connectivity index (χ3n) is 3.85. The maximum Gasteiger partial charge on any atom is 0.274 e. The molecular formula is C17H11BrN4O2S. The molecule has 0 N–H and O–H groups in total. The predicted octanol–water partition coefficient (Wildman–Crippen LogP) is 3.66. The molecule has 8 heteroatoms. The van der Waals surface area contributed by atoms with Gasteiger partial charge in [0, 0.05) is 10.2 Å². The van der Waals surface area contributed by atoms with Gasteiger partial charge in [-0.2, -0.15) is 5.26 Å². The molecule has 0 unspecified atom stereocenters. The first-order valence-corrected chi connectivity index (χ1v) is 9.17. The van der Waals surface area contributed by atoms with Crippen LogP contribution in [0.4, 0.5) is 5.69 Å². The van der Waals surface area contributed by atoms with E-state index in [1.807, 2.05) is 30.3 Å². The first-order chi connectivity index (χ1) is 12.2. The van der Waals surface area contributed by atoms with Crippen molar-refractivity contribution in [2.75, 3.05) is 10.8 Å². The van der Waals surface area contributed by atoms with E-state index in [0.717, 1.165) is 10.2 Å². The zero-order chi connectivity index (χ0) is 17.4. The maximum atomic E-state index is 12.8. The van der Waals surface area contributed by atoms with E-state index in [4.69, 9.17) is 4.42 Å². The minimum absolute atomic E-state index is 0.00282. The highest BCUT2D eigenvalue weighted by atomic mass is 79.9. The molecule has 0 radical (unpaired) electrons. The van der Waals surface area contributed by atoms with Crippen molar-refractivity contribution in [2.45, 2.75) is 11.8 Å². The van der Waals surface area contributed by atoms with Crippen LogP contribution in [0, 0.1) is 11.3 Å². The fraction of sp³-hybridized carbons (Fsp3) is 0.118. The van der Waals surface area contributed by atoms with Crippen LogP contribution in [0.3, 0.4) is 0 Å². The first kappa shape index (κ1) is 16.0. The number of anilines is 1. The molecular weight excluding hydrogens is 404 g/mol. The highest BCUT2D eigenvalue weighted by Gasteiger charge is 2.24. The molecule has 25 heavy (non-hydrogen) atoms. The number of nitriles is 1. The summed E-state index contributed by atoms with van der Waals surface area (Å²) in [4.78, 5) is 19.4. The highest BCUT2D eigenvalue weighted by molar-refractivity contribution is 9.10. The maximum absolute atomic E-state index is 12.8. The monoisotopic (exact) mass is 414 g/mol. The van der Waals surface area contributed by atoms with E-state index in [9.17, 15) is 10.1 Å². The van der Waals surface area contributed by atoms with Gasteiger partial charge in [-0.05, 0) is 36.4 Å². The summed E-state index contributed by atoms with van der Waals surface area (Å²) in [7, 11) is 0. The smallest absolute Gasteiger partial charge is 0.274 e. The quantitative estimate of drug-likeness (QED) is 0.595. The fourth-order valence-electron chi connectivity index (χ4n) is 2.62. The van der Waals surface area contributed by atoms with Crippen molar-refractivity contribution in [1.82, 2.24) is 9.55 Å². The fourth-order valence-corrected chi connectivity index (χ4v) is 3.84. The number of nitrogens with zero attached hydrogens (tertiary/aromatic N) is 4. The molecule has 1 aliphatic rings. The van der Waals surface area contributed by atoms with Gasteiger partial charge in [-0.15, -0.1) is 0 Å². The standard InChI is InChI=1S/C17H11BrN4O2S/c18-11-3-5-12(6-4-11)21-9-22-16(23)13(8-19)15(14-2-1-7-24-14)20-17(22)25-10-21/h1-7H,9-10H2. The van der Waals surface area contributed by atoms with Gasteiger partial charge in [0.05, 0.1) is 12.1 Å². The lowest BCUT2D eigenvalue weighted by Crippen LogP contribution is -2.38. The summed E-state index contributed by atoms with van der Waals surface area (Å²) >= 11 is 4.87. The molecule has 1 aliphatic heterocycles. The topological polar surface area (TPSA) is 75.1 Å². The molecule has 2 aromatic heterocycles. The molecule has 124 valence electrons. The van der Waals surface area contributed by atoms with E-state index in [-0.39, 0.29) is 11.1 Å². The zero-order valence-electron chi connectivity index (χ0n) is 12.8. The average Bonchev–Trinajstić information content (AvgIpc) is 3.16. The van der Waals surface area contributed by atoms with Crippen molar-refractivity contribution in [3.8, 4) is 17.5 Å². The SMILES string of the molecule is N#Cc1c(-c2ccco2)nc2n(c1=O)CN(c1ccc(Br)cc1)CS2. The predicted molar refractivity (Wildman–Crippen MR) is 98.3 cm³/mol. The van der Waals surface area contributed by atoms with Crippen molar-refractivity contribution in [1.29, 1.82) is 5.26 Å². The third kappa shape index (κ3) is 2.86. The Morgan fingerprint density at radius 1 is 1.28 bits per heavy atom. The normalized spacial score (nSPS) is 13.4. The molecule has 0 aliphatic carbocycles. The summed E-state index contributed by atoms with van der Waals surface area (Å²) in [6.45, 7) is 0.350. The summed E-state index contributed by atoms with van der Waals surface area (Å²) in [6.07, 6.45) is 1.50. The van der Waals surface area contributed by atoms with E-state index < -0.39 is 0 Å². The zero-order valence-corrected chi connectivity index (χ0v) is 15.2. The second-order valence-electron chi connectivity index (χ2n) is 5.37. The van der Waals surface area contributed by atoms with Crippen LogP contribution in [0.1, 0.15) is 5.56 Å². The van der Waals surface area contributed by atoms with Crippen LogP contribution >= 0.6 is 27.7 Å². The number of fused-ring (bicyclic) bond motifs is 1. The van der Waals surface area contributed by atoms with Gasteiger partial charge in [0.2, 0.25) is 0 Å². The molecule has 6 nitrogen and oxygen atoms in total. The Kier molecular flexibility index (Phi) is 4.11. The van der Waals surface area contributed by atoms with Crippen LogP contribution in [0.5, 0.6) is 0 Å². The number of furan rings is 1. The van der Waals surface area contributed by atoms with Gasteiger partial charge in [0.1, 0.15) is 24.0 Å². The number of hydrogen-bond acceptors (Lipinski definition) is 6. The average molecular weight is 415 g/mol. The molecule has 0 amide bonds. The van der Waals surface area contributed by atoms with Crippen LogP contribution in [-0.2, 0) is 6.67 Å². The summed E-state index contributed by atoms with van der Waals surface area (Å²) in [5, 5.41) is 10.0. The number of thioether (sulfide) groups is 1. The Bertz CT molecular complexity index is 1020. The molecule has 3 heterocycles. The van der Waals surface area contributed by atoms with E-state index in [1.165, 1.54) is 22.6 Å². The Morgan fingerprint density at radius 3 is 2.76 bits per heavy atom. The number of aromatic nitrogens is 2. The molecule has 4 rings (SSSR count). The van der Waals surface area contributed by atoms with Crippen molar-refractivity contribution in [3.05, 3.63) is 63.1 Å². The Labute approximate surface area is 155 Å². The van der Waals surface area contributed by atoms with Gasteiger partial charge < -0.3 is 9.32 Å². The minimum atomic E-state index is -0.354. The second kappa shape index (κ2) is 6.43. The van der Waals surface area contributed by atoms with E-state index in [0.29, 0.717) is 29.2 Å². The lowest BCUT2D eigenvalue weighted by Gasteiger charge is -2.30. The first-order valence-electron chi connectivity index (χ1n) is 7.39. The number of benzene rings is 1. The van der Waals surface area contributed by atoms with Crippen LogP contribution in [0.2, 0.25) is 0 Å². The van der Waals surface area contributed by atoms with Crippen LogP contribution in [0.25, 0.3) is 11.5 Å². The van der Waals surface area contributed by atoms with Gasteiger partial charge in [-0.1, -0.05) is 27.7 Å².